The summed E-state index contributed by atoms with van der Waals surface area (Å²) in [7, 11) is 0. The van der Waals surface area contributed by atoms with Gasteiger partial charge in [-0.15, -0.1) is 0 Å². The number of hydrogen-bond acceptors (Lipinski definition) is 3. The van der Waals surface area contributed by atoms with Crippen molar-refractivity contribution in [1.82, 2.24) is 5.32 Å². The SMILES string of the molecule is O=C(NC1CC2CC1C1CCCC21)c1ccc2c(c1)OCCCO2. The Labute approximate surface area is 142 Å². The van der Waals surface area contributed by atoms with Crippen LogP contribution in [0, 0.1) is 23.7 Å². The number of benzene rings is 1. The second-order valence-electron chi connectivity index (χ2n) is 7.95. The maximum Gasteiger partial charge on any atom is 0.251 e. The third kappa shape index (κ3) is 2.30. The van der Waals surface area contributed by atoms with Crippen LogP contribution >= 0.6 is 0 Å². The van der Waals surface area contributed by atoms with Gasteiger partial charge in [0.05, 0.1) is 13.2 Å². The molecule has 1 N–H and O–H groups in total. The van der Waals surface area contributed by atoms with Crippen molar-refractivity contribution in [2.45, 2.75) is 44.6 Å². The molecule has 0 radical (unpaired) electrons. The van der Waals surface area contributed by atoms with E-state index in [-0.39, 0.29) is 5.91 Å². The fraction of sp³-hybridized carbons (Fsp3) is 0.650. The molecule has 4 heteroatoms. The van der Waals surface area contributed by atoms with E-state index in [2.05, 4.69) is 5.32 Å². The van der Waals surface area contributed by atoms with E-state index >= 15 is 0 Å². The van der Waals surface area contributed by atoms with Gasteiger partial charge in [-0.05, 0) is 67.6 Å². The number of rotatable bonds is 2. The van der Waals surface area contributed by atoms with Crippen LogP contribution in [0.5, 0.6) is 11.5 Å². The molecule has 1 aromatic carbocycles. The number of fused-ring (bicyclic) bond motifs is 6. The Bertz CT molecular complexity index is 658. The fourth-order valence-electron chi connectivity index (χ4n) is 5.79. The van der Waals surface area contributed by atoms with Gasteiger partial charge in [0.2, 0.25) is 0 Å². The van der Waals surface area contributed by atoms with Crippen molar-refractivity contribution in [2.75, 3.05) is 13.2 Å². The minimum atomic E-state index is 0.0396. The van der Waals surface area contributed by atoms with Crippen LogP contribution < -0.4 is 14.8 Å². The van der Waals surface area contributed by atoms with Gasteiger partial charge in [-0.2, -0.15) is 0 Å². The first-order chi connectivity index (χ1) is 11.8. The minimum absolute atomic E-state index is 0.0396. The van der Waals surface area contributed by atoms with Gasteiger partial charge in [0.25, 0.3) is 5.91 Å². The molecule has 24 heavy (non-hydrogen) atoms. The summed E-state index contributed by atoms with van der Waals surface area (Å²) in [5.74, 6) is 4.89. The van der Waals surface area contributed by atoms with Gasteiger partial charge < -0.3 is 14.8 Å². The van der Waals surface area contributed by atoms with Crippen molar-refractivity contribution < 1.29 is 14.3 Å². The summed E-state index contributed by atoms with van der Waals surface area (Å²) < 4.78 is 11.4. The normalized spacial score (nSPS) is 36.2. The minimum Gasteiger partial charge on any atom is -0.490 e. The Kier molecular flexibility index (Phi) is 3.46. The molecule has 3 fully saturated rings. The molecule has 0 aromatic heterocycles. The van der Waals surface area contributed by atoms with Crippen molar-refractivity contribution in [1.29, 1.82) is 0 Å². The lowest BCUT2D eigenvalue weighted by Crippen LogP contribution is -2.42. The molecule has 0 spiro atoms. The van der Waals surface area contributed by atoms with E-state index in [4.69, 9.17) is 9.47 Å². The molecule has 2 bridgehead atoms. The Balaban J connectivity index is 1.30. The second kappa shape index (κ2) is 5.68. The molecule has 1 amide bonds. The molecule has 4 aliphatic rings. The highest BCUT2D eigenvalue weighted by atomic mass is 16.5. The average Bonchev–Trinajstić information content (AvgIpc) is 3.24. The molecule has 3 saturated carbocycles. The van der Waals surface area contributed by atoms with Gasteiger partial charge in [0.15, 0.2) is 11.5 Å². The van der Waals surface area contributed by atoms with E-state index in [9.17, 15) is 4.79 Å². The fourth-order valence-corrected chi connectivity index (χ4v) is 5.79. The maximum atomic E-state index is 12.7. The molecule has 1 heterocycles. The number of hydrogen-bond donors (Lipinski definition) is 1. The summed E-state index contributed by atoms with van der Waals surface area (Å²) in [6, 6.07) is 5.93. The maximum absolute atomic E-state index is 12.7. The molecular formula is C20H25NO3. The molecule has 5 unspecified atom stereocenters. The van der Waals surface area contributed by atoms with Crippen molar-refractivity contribution in [2.24, 2.45) is 23.7 Å². The van der Waals surface area contributed by atoms with Crippen LogP contribution in [-0.4, -0.2) is 25.2 Å². The van der Waals surface area contributed by atoms with Gasteiger partial charge in [0.1, 0.15) is 0 Å². The molecule has 5 atom stereocenters. The van der Waals surface area contributed by atoms with Crippen molar-refractivity contribution in [3.8, 4) is 11.5 Å². The van der Waals surface area contributed by atoms with Crippen LogP contribution in [0.2, 0.25) is 0 Å². The largest absolute Gasteiger partial charge is 0.490 e. The smallest absolute Gasteiger partial charge is 0.251 e. The molecule has 1 aromatic rings. The van der Waals surface area contributed by atoms with Crippen LogP contribution in [0.25, 0.3) is 0 Å². The molecule has 5 rings (SSSR count). The molecular weight excluding hydrogens is 302 g/mol. The summed E-state index contributed by atoms with van der Waals surface area (Å²) in [5.41, 5.74) is 0.685. The topological polar surface area (TPSA) is 47.6 Å². The Morgan fingerprint density at radius 2 is 1.79 bits per heavy atom. The van der Waals surface area contributed by atoms with Crippen LogP contribution in [-0.2, 0) is 0 Å². The lowest BCUT2D eigenvalue weighted by molar-refractivity contribution is 0.0900. The van der Waals surface area contributed by atoms with Gasteiger partial charge in [-0.1, -0.05) is 6.42 Å². The highest BCUT2D eigenvalue weighted by Gasteiger charge is 2.54. The first kappa shape index (κ1) is 14.6. The highest BCUT2D eigenvalue weighted by Crippen LogP contribution is 2.58. The first-order valence-electron chi connectivity index (χ1n) is 9.50. The molecule has 3 aliphatic carbocycles. The van der Waals surface area contributed by atoms with E-state index in [1.807, 2.05) is 18.2 Å². The molecule has 128 valence electrons. The van der Waals surface area contributed by atoms with Crippen molar-refractivity contribution in [3.63, 3.8) is 0 Å². The lowest BCUT2D eigenvalue weighted by Gasteiger charge is -2.32. The van der Waals surface area contributed by atoms with Crippen LogP contribution in [0.3, 0.4) is 0 Å². The van der Waals surface area contributed by atoms with Gasteiger partial charge >= 0.3 is 0 Å². The van der Waals surface area contributed by atoms with E-state index < -0.39 is 0 Å². The second-order valence-corrected chi connectivity index (χ2v) is 7.95. The lowest BCUT2D eigenvalue weighted by atomic mass is 9.79. The zero-order chi connectivity index (χ0) is 16.1. The third-order valence-electron chi connectivity index (χ3n) is 6.75. The Morgan fingerprint density at radius 1 is 0.958 bits per heavy atom. The van der Waals surface area contributed by atoms with Gasteiger partial charge in [-0.3, -0.25) is 4.79 Å². The Morgan fingerprint density at radius 3 is 2.71 bits per heavy atom. The third-order valence-corrected chi connectivity index (χ3v) is 6.75. The molecule has 0 saturated heterocycles. The zero-order valence-corrected chi connectivity index (χ0v) is 14.0. The molecule has 4 nitrogen and oxygen atoms in total. The van der Waals surface area contributed by atoms with E-state index in [0.717, 1.165) is 29.9 Å². The van der Waals surface area contributed by atoms with E-state index in [1.54, 1.807) is 0 Å². The number of amides is 1. The van der Waals surface area contributed by atoms with Crippen molar-refractivity contribution in [3.05, 3.63) is 23.8 Å². The van der Waals surface area contributed by atoms with E-state index in [1.165, 1.54) is 32.1 Å². The summed E-state index contributed by atoms with van der Waals surface area (Å²) in [6.07, 6.45) is 7.59. The number of carbonyl (C=O) groups is 1. The summed E-state index contributed by atoms with van der Waals surface area (Å²) in [4.78, 5) is 12.7. The van der Waals surface area contributed by atoms with Crippen molar-refractivity contribution >= 4 is 5.91 Å². The Hall–Kier alpha value is -1.71. The number of ether oxygens (including phenoxy) is 2. The average molecular weight is 327 g/mol. The number of carbonyl (C=O) groups excluding carboxylic acids is 1. The van der Waals surface area contributed by atoms with Gasteiger partial charge in [0, 0.05) is 18.0 Å². The monoisotopic (exact) mass is 327 g/mol. The number of nitrogens with one attached hydrogen (secondary N) is 1. The quantitative estimate of drug-likeness (QED) is 0.905. The first-order valence-corrected chi connectivity index (χ1v) is 9.50. The van der Waals surface area contributed by atoms with Crippen LogP contribution in [0.1, 0.15) is 48.9 Å². The highest BCUT2D eigenvalue weighted by molar-refractivity contribution is 5.95. The van der Waals surface area contributed by atoms with Crippen LogP contribution in [0.15, 0.2) is 18.2 Å². The summed E-state index contributed by atoms with van der Waals surface area (Å²) in [5, 5.41) is 3.33. The molecule has 1 aliphatic heterocycles. The van der Waals surface area contributed by atoms with Gasteiger partial charge in [-0.25, -0.2) is 0 Å². The summed E-state index contributed by atoms with van der Waals surface area (Å²) in [6.45, 7) is 1.32. The zero-order valence-electron chi connectivity index (χ0n) is 14.0. The predicted octanol–water partition coefficient (Wildman–Crippen LogP) is 3.40. The summed E-state index contributed by atoms with van der Waals surface area (Å²) >= 11 is 0. The standard InChI is InChI=1S/C20H25NO3/c22-20(12-5-6-18-19(11-12)24-8-2-7-23-18)21-17-10-13-9-16(17)15-4-1-3-14(13)15/h5-6,11,13-17H,1-4,7-10H2,(H,21,22). The van der Waals surface area contributed by atoms with Crippen LogP contribution in [0.4, 0.5) is 0 Å². The van der Waals surface area contributed by atoms with E-state index in [0.29, 0.717) is 36.5 Å². The predicted molar refractivity (Wildman–Crippen MR) is 90.3 cm³/mol.